The molecule has 4 heteroatoms. The monoisotopic (exact) mass is 311 g/mol. The van der Waals surface area contributed by atoms with E-state index in [9.17, 15) is 4.79 Å². The van der Waals surface area contributed by atoms with Gasteiger partial charge in [0.15, 0.2) is 11.5 Å². The Balaban J connectivity index is 1.94. The van der Waals surface area contributed by atoms with Gasteiger partial charge in [-0.2, -0.15) is 0 Å². The van der Waals surface area contributed by atoms with Crippen LogP contribution in [0, 0.1) is 0 Å². The minimum Gasteiger partial charge on any atom is -0.493 e. The van der Waals surface area contributed by atoms with Crippen LogP contribution in [0.1, 0.15) is 41.3 Å². The fourth-order valence-electron chi connectivity index (χ4n) is 2.89. The number of carbonyl (C=O) groups is 1. The van der Waals surface area contributed by atoms with Crippen molar-refractivity contribution in [3.05, 3.63) is 53.1 Å². The lowest BCUT2D eigenvalue weighted by Gasteiger charge is -2.16. The molecule has 0 bridgehead atoms. The standard InChI is InChI=1S/C19H21NO3/c1-12(2)13-5-7-15(8-6-13)20-11-14-9-17(22-3)18(23-4)10-16(14)19(20)21/h5-10,12H,11H2,1-4H3. The van der Waals surface area contributed by atoms with Gasteiger partial charge in [-0.05, 0) is 41.3 Å². The molecule has 120 valence electrons. The van der Waals surface area contributed by atoms with Crippen LogP contribution in [0.25, 0.3) is 0 Å². The number of nitrogens with zero attached hydrogens (tertiary/aromatic N) is 1. The molecule has 0 N–H and O–H groups in total. The molecule has 2 aromatic rings. The fourth-order valence-corrected chi connectivity index (χ4v) is 2.89. The number of methoxy groups -OCH3 is 2. The molecule has 0 radical (unpaired) electrons. The highest BCUT2D eigenvalue weighted by Gasteiger charge is 2.30. The van der Waals surface area contributed by atoms with Gasteiger partial charge in [0.25, 0.3) is 5.91 Å². The zero-order valence-electron chi connectivity index (χ0n) is 13.9. The van der Waals surface area contributed by atoms with Gasteiger partial charge in [-0.1, -0.05) is 26.0 Å². The number of anilines is 1. The van der Waals surface area contributed by atoms with Crippen molar-refractivity contribution in [3.63, 3.8) is 0 Å². The first-order valence-electron chi connectivity index (χ1n) is 7.72. The van der Waals surface area contributed by atoms with Crippen molar-refractivity contribution in [2.45, 2.75) is 26.3 Å². The average Bonchev–Trinajstić information content (AvgIpc) is 2.89. The van der Waals surface area contributed by atoms with Crippen LogP contribution >= 0.6 is 0 Å². The van der Waals surface area contributed by atoms with E-state index in [0.29, 0.717) is 29.5 Å². The number of carbonyl (C=O) groups excluding carboxylic acids is 1. The van der Waals surface area contributed by atoms with Gasteiger partial charge in [-0.3, -0.25) is 4.79 Å². The molecule has 0 aliphatic carbocycles. The summed E-state index contributed by atoms with van der Waals surface area (Å²) in [5.41, 5.74) is 3.81. The Labute approximate surface area is 136 Å². The van der Waals surface area contributed by atoms with E-state index in [1.54, 1.807) is 25.2 Å². The van der Waals surface area contributed by atoms with E-state index >= 15 is 0 Å². The first-order chi connectivity index (χ1) is 11.0. The molecule has 0 spiro atoms. The molecule has 4 nitrogen and oxygen atoms in total. The third-order valence-electron chi connectivity index (χ3n) is 4.28. The van der Waals surface area contributed by atoms with E-state index in [0.717, 1.165) is 11.3 Å². The van der Waals surface area contributed by atoms with Crippen LogP contribution < -0.4 is 14.4 Å². The van der Waals surface area contributed by atoms with Crippen molar-refractivity contribution in [2.24, 2.45) is 0 Å². The molecule has 23 heavy (non-hydrogen) atoms. The summed E-state index contributed by atoms with van der Waals surface area (Å²) in [5, 5.41) is 0. The van der Waals surface area contributed by atoms with Gasteiger partial charge >= 0.3 is 0 Å². The highest BCUT2D eigenvalue weighted by molar-refractivity contribution is 6.10. The SMILES string of the molecule is COc1cc2c(cc1OC)C(=O)N(c1ccc(C(C)C)cc1)C2. The van der Waals surface area contributed by atoms with Crippen LogP contribution in [0.3, 0.4) is 0 Å². The van der Waals surface area contributed by atoms with E-state index in [2.05, 4.69) is 26.0 Å². The molecule has 2 aromatic carbocycles. The first kappa shape index (κ1) is 15.4. The maximum atomic E-state index is 12.7. The molecule has 0 saturated carbocycles. The Hall–Kier alpha value is -2.49. The van der Waals surface area contributed by atoms with Crippen molar-refractivity contribution in [3.8, 4) is 11.5 Å². The molecular formula is C19H21NO3. The van der Waals surface area contributed by atoms with Crippen LogP contribution in [0.4, 0.5) is 5.69 Å². The van der Waals surface area contributed by atoms with E-state index in [1.165, 1.54) is 5.56 Å². The highest BCUT2D eigenvalue weighted by atomic mass is 16.5. The molecule has 1 aliphatic rings. The van der Waals surface area contributed by atoms with E-state index in [1.807, 2.05) is 18.2 Å². The second kappa shape index (κ2) is 5.95. The van der Waals surface area contributed by atoms with Gasteiger partial charge in [-0.15, -0.1) is 0 Å². The summed E-state index contributed by atoms with van der Waals surface area (Å²) in [5.74, 6) is 1.70. The zero-order chi connectivity index (χ0) is 16.6. The van der Waals surface area contributed by atoms with Gasteiger partial charge in [0.2, 0.25) is 0 Å². The maximum absolute atomic E-state index is 12.7. The molecule has 0 aromatic heterocycles. The van der Waals surface area contributed by atoms with Crippen molar-refractivity contribution < 1.29 is 14.3 Å². The van der Waals surface area contributed by atoms with Crippen LogP contribution in [-0.2, 0) is 6.54 Å². The van der Waals surface area contributed by atoms with Crippen LogP contribution in [0.5, 0.6) is 11.5 Å². The van der Waals surface area contributed by atoms with Crippen LogP contribution in [0.15, 0.2) is 36.4 Å². The Morgan fingerprint density at radius 1 is 1.00 bits per heavy atom. The number of ether oxygens (including phenoxy) is 2. The number of hydrogen-bond donors (Lipinski definition) is 0. The van der Waals surface area contributed by atoms with Crippen molar-refractivity contribution in [1.82, 2.24) is 0 Å². The summed E-state index contributed by atoms with van der Waals surface area (Å²) in [7, 11) is 3.18. The predicted molar refractivity (Wildman–Crippen MR) is 90.6 cm³/mol. The second-order valence-corrected chi connectivity index (χ2v) is 6.00. The van der Waals surface area contributed by atoms with Gasteiger partial charge in [0.1, 0.15) is 0 Å². The first-order valence-corrected chi connectivity index (χ1v) is 7.72. The summed E-state index contributed by atoms with van der Waals surface area (Å²) < 4.78 is 10.6. The molecule has 0 saturated heterocycles. The second-order valence-electron chi connectivity index (χ2n) is 6.00. The molecular weight excluding hydrogens is 290 g/mol. The molecule has 1 aliphatic heterocycles. The topological polar surface area (TPSA) is 38.8 Å². The maximum Gasteiger partial charge on any atom is 0.259 e. The lowest BCUT2D eigenvalue weighted by atomic mass is 10.0. The number of fused-ring (bicyclic) bond motifs is 1. The normalized spacial score (nSPS) is 13.4. The number of benzene rings is 2. The third-order valence-corrected chi connectivity index (χ3v) is 4.28. The molecule has 0 unspecified atom stereocenters. The minimum absolute atomic E-state index is 0.00162. The van der Waals surface area contributed by atoms with Crippen molar-refractivity contribution >= 4 is 11.6 Å². The molecule has 0 fully saturated rings. The Kier molecular flexibility index (Phi) is 3.99. The van der Waals surface area contributed by atoms with Crippen LogP contribution in [0.2, 0.25) is 0 Å². The number of hydrogen-bond acceptors (Lipinski definition) is 3. The van der Waals surface area contributed by atoms with E-state index in [-0.39, 0.29) is 5.91 Å². The number of rotatable bonds is 4. The highest BCUT2D eigenvalue weighted by Crippen LogP contribution is 2.36. The van der Waals surface area contributed by atoms with E-state index < -0.39 is 0 Å². The van der Waals surface area contributed by atoms with Gasteiger partial charge in [0, 0.05) is 11.3 Å². The predicted octanol–water partition coefficient (Wildman–Crippen LogP) is 3.99. The average molecular weight is 311 g/mol. The largest absolute Gasteiger partial charge is 0.493 e. The smallest absolute Gasteiger partial charge is 0.259 e. The summed E-state index contributed by atoms with van der Waals surface area (Å²) >= 11 is 0. The van der Waals surface area contributed by atoms with Crippen molar-refractivity contribution in [1.29, 1.82) is 0 Å². The molecule has 0 atom stereocenters. The van der Waals surface area contributed by atoms with E-state index in [4.69, 9.17) is 9.47 Å². The summed E-state index contributed by atoms with van der Waals surface area (Å²) in [6.07, 6.45) is 0. The summed E-state index contributed by atoms with van der Waals surface area (Å²) in [6.45, 7) is 4.87. The lowest BCUT2D eigenvalue weighted by Crippen LogP contribution is -2.22. The van der Waals surface area contributed by atoms with Gasteiger partial charge < -0.3 is 14.4 Å². The fraction of sp³-hybridized carbons (Fsp3) is 0.316. The Morgan fingerprint density at radius 3 is 2.17 bits per heavy atom. The van der Waals surface area contributed by atoms with Crippen molar-refractivity contribution in [2.75, 3.05) is 19.1 Å². The molecule has 1 heterocycles. The summed E-state index contributed by atoms with van der Waals surface area (Å²) in [4.78, 5) is 14.5. The number of amides is 1. The molecule has 1 amide bonds. The Morgan fingerprint density at radius 2 is 1.61 bits per heavy atom. The van der Waals surface area contributed by atoms with Gasteiger partial charge in [0.05, 0.1) is 20.8 Å². The minimum atomic E-state index is -0.00162. The van der Waals surface area contributed by atoms with Gasteiger partial charge in [-0.25, -0.2) is 0 Å². The molecule has 3 rings (SSSR count). The van der Waals surface area contributed by atoms with Crippen LogP contribution in [-0.4, -0.2) is 20.1 Å². The third kappa shape index (κ3) is 2.65. The Bertz CT molecular complexity index is 735. The summed E-state index contributed by atoms with van der Waals surface area (Å²) in [6, 6.07) is 11.8. The zero-order valence-corrected chi connectivity index (χ0v) is 13.9. The lowest BCUT2D eigenvalue weighted by molar-refractivity contribution is 0.0996. The quantitative estimate of drug-likeness (QED) is 0.857.